The number of aromatic amines is 1. The van der Waals surface area contributed by atoms with E-state index in [4.69, 9.17) is 11.6 Å². The Labute approximate surface area is 110 Å². The summed E-state index contributed by atoms with van der Waals surface area (Å²) in [6.45, 7) is 2.86. The van der Waals surface area contributed by atoms with Crippen LogP contribution in [0, 0.1) is 6.92 Å². The smallest absolute Gasteiger partial charge is 0.262 e. The van der Waals surface area contributed by atoms with Crippen LogP contribution >= 0.6 is 23.4 Å². The summed E-state index contributed by atoms with van der Waals surface area (Å²) in [5, 5.41) is 6.66. The molecule has 17 heavy (non-hydrogen) atoms. The summed E-state index contributed by atoms with van der Waals surface area (Å²) in [7, 11) is -3.49. The SMILES string of the molecule is Cc1[nH]nc(S(=O)(=O)N2CCSCC2)c1CCl. The number of halogens is 1. The molecule has 2 heterocycles. The lowest BCUT2D eigenvalue weighted by molar-refractivity contribution is 0.440. The molecule has 0 unspecified atom stereocenters. The van der Waals surface area contributed by atoms with Crippen molar-refractivity contribution in [2.45, 2.75) is 17.8 Å². The molecule has 0 bridgehead atoms. The normalized spacial score (nSPS) is 18.5. The predicted molar refractivity (Wildman–Crippen MR) is 69.0 cm³/mol. The van der Waals surface area contributed by atoms with E-state index in [1.807, 2.05) is 0 Å². The number of nitrogens with one attached hydrogen (secondary N) is 1. The highest BCUT2D eigenvalue weighted by Gasteiger charge is 2.31. The third kappa shape index (κ3) is 2.47. The predicted octanol–water partition coefficient (Wildman–Crippen LogP) is 1.19. The van der Waals surface area contributed by atoms with Crippen LogP contribution in [0.15, 0.2) is 5.03 Å². The number of rotatable bonds is 3. The Morgan fingerprint density at radius 3 is 2.71 bits per heavy atom. The fourth-order valence-corrected chi connectivity index (χ4v) is 4.86. The van der Waals surface area contributed by atoms with Gasteiger partial charge in [-0.2, -0.15) is 21.2 Å². The molecule has 0 aromatic carbocycles. The van der Waals surface area contributed by atoms with E-state index >= 15 is 0 Å². The minimum atomic E-state index is -3.49. The molecular formula is C9H14ClN3O2S2. The quantitative estimate of drug-likeness (QED) is 0.851. The van der Waals surface area contributed by atoms with Crippen LogP contribution < -0.4 is 0 Å². The number of hydrogen-bond donors (Lipinski definition) is 1. The molecule has 1 N–H and O–H groups in total. The molecule has 1 aliphatic rings. The zero-order valence-electron chi connectivity index (χ0n) is 9.44. The van der Waals surface area contributed by atoms with Crippen molar-refractivity contribution in [1.82, 2.24) is 14.5 Å². The standard InChI is InChI=1S/C9H14ClN3O2S2/c1-7-8(6-10)9(12-11-7)17(14,15)13-2-4-16-5-3-13/h2-6H2,1H3,(H,11,12). The van der Waals surface area contributed by atoms with Crippen molar-refractivity contribution in [2.75, 3.05) is 24.6 Å². The Kier molecular flexibility index (Phi) is 4.02. The van der Waals surface area contributed by atoms with Crippen LogP contribution in [0.3, 0.4) is 0 Å². The van der Waals surface area contributed by atoms with E-state index in [-0.39, 0.29) is 10.9 Å². The van der Waals surface area contributed by atoms with Crippen molar-refractivity contribution >= 4 is 33.4 Å². The first-order chi connectivity index (χ1) is 8.07. The zero-order chi connectivity index (χ0) is 12.5. The highest BCUT2D eigenvalue weighted by molar-refractivity contribution is 7.99. The Morgan fingerprint density at radius 2 is 2.12 bits per heavy atom. The second-order valence-electron chi connectivity index (χ2n) is 3.78. The summed E-state index contributed by atoms with van der Waals surface area (Å²) in [5.41, 5.74) is 1.29. The maximum Gasteiger partial charge on any atom is 0.262 e. The second-order valence-corrected chi connectivity index (χ2v) is 7.13. The third-order valence-electron chi connectivity index (χ3n) is 2.72. The highest BCUT2D eigenvalue weighted by Crippen LogP contribution is 2.24. The summed E-state index contributed by atoms with van der Waals surface area (Å²) in [4.78, 5) is 0. The van der Waals surface area contributed by atoms with Crippen LogP contribution in [-0.2, 0) is 15.9 Å². The number of thioether (sulfide) groups is 1. The molecule has 0 aliphatic carbocycles. The van der Waals surface area contributed by atoms with E-state index in [0.29, 0.717) is 24.3 Å². The van der Waals surface area contributed by atoms with E-state index in [1.165, 1.54) is 4.31 Å². The molecule has 96 valence electrons. The zero-order valence-corrected chi connectivity index (χ0v) is 11.8. The van der Waals surface area contributed by atoms with Crippen LogP contribution in [0.1, 0.15) is 11.3 Å². The molecule has 1 aliphatic heterocycles. The number of aryl methyl sites for hydroxylation is 1. The Balaban J connectivity index is 2.36. The first-order valence-corrected chi connectivity index (χ1v) is 8.38. The fourth-order valence-electron chi connectivity index (χ4n) is 1.71. The molecule has 2 rings (SSSR count). The number of H-pyrrole nitrogens is 1. The number of aromatic nitrogens is 2. The maximum atomic E-state index is 12.4. The van der Waals surface area contributed by atoms with E-state index in [9.17, 15) is 8.42 Å². The molecule has 8 heteroatoms. The van der Waals surface area contributed by atoms with E-state index in [2.05, 4.69) is 10.2 Å². The molecule has 0 amide bonds. The minimum absolute atomic E-state index is 0.0805. The van der Waals surface area contributed by atoms with Gasteiger partial charge in [0.1, 0.15) is 0 Å². The van der Waals surface area contributed by atoms with Gasteiger partial charge < -0.3 is 0 Å². The van der Waals surface area contributed by atoms with Gasteiger partial charge in [-0.05, 0) is 6.92 Å². The molecule has 0 spiro atoms. The van der Waals surface area contributed by atoms with Crippen molar-refractivity contribution in [2.24, 2.45) is 0 Å². The number of alkyl halides is 1. The van der Waals surface area contributed by atoms with Crippen LogP contribution in [0.25, 0.3) is 0 Å². The number of nitrogens with zero attached hydrogens (tertiary/aromatic N) is 2. The van der Waals surface area contributed by atoms with Gasteiger partial charge in [0, 0.05) is 35.9 Å². The average molecular weight is 296 g/mol. The van der Waals surface area contributed by atoms with Crippen molar-refractivity contribution in [1.29, 1.82) is 0 Å². The first-order valence-electron chi connectivity index (χ1n) is 5.25. The summed E-state index contributed by atoms with van der Waals surface area (Å²) in [5.74, 6) is 1.82. The van der Waals surface area contributed by atoms with Gasteiger partial charge in [0.25, 0.3) is 10.0 Å². The van der Waals surface area contributed by atoms with Gasteiger partial charge in [-0.3, -0.25) is 5.10 Å². The van der Waals surface area contributed by atoms with Crippen LogP contribution in [0.4, 0.5) is 0 Å². The van der Waals surface area contributed by atoms with E-state index < -0.39 is 10.0 Å². The maximum absolute atomic E-state index is 12.4. The Morgan fingerprint density at radius 1 is 1.47 bits per heavy atom. The van der Waals surface area contributed by atoms with Gasteiger partial charge in [-0.25, -0.2) is 8.42 Å². The summed E-state index contributed by atoms with van der Waals surface area (Å²) in [6.07, 6.45) is 0. The summed E-state index contributed by atoms with van der Waals surface area (Å²) >= 11 is 7.54. The molecule has 1 aromatic heterocycles. The van der Waals surface area contributed by atoms with Crippen LogP contribution in [-0.4, -0.2) is 47.5 Å². The Bertz CT molecular complexity index is 494. The van der Waals surface area contributed by atoms with Crippen molar-refractivity contribution < 1.29 is 8.42 Å². The summed E-state index contributed by atoms with van der Waals surface area (Å²) < 4.78 is 26.2. The van der Waals surface area contributed by atoms with Gasteiger partial charge in [-0.1, -0.05) is 0 Å². The molecule has 5 nitrogen and oxygen atoms in total. The largest absolute Gasteiger partial charge is 0.281 e. The van der Waals surface area contributed by atoms with Crippen molar-refractivity contribution in [3.05, 3.63) is 11.3 Å². The Hall–Kier alpha value is -0.240. The fraction of sp³-hybridized carbons (Fsp3) is 0.667. The van der Waals surface area contributed by atoms with E-state index in [1.54, 1.807) is 18.7 Å². The highest BCUT2D eigenvalue weighted by atomic mass is 35.5. The van der Waals surface area contributed by atoms with Gasteiger partial charge in [0.15, 0.2) is 5.03 Å². The molecule has 1 saturated heterocycles. The van der Waals surface area contributed by atoms with Crippen molar-refractivity contribution in [3.63, 3.8) is 0 Å². The monoisotopic (exact) mass is 295 g/mol. The van der Waals surface area contributed by atoms with Crippen molar-refractivity contribution in [3.8, 4) is 0 Å². The topological polar surface area (TPSA) is 66.1 Å². The molecule has 1 fully saturated rings. The molecular weight excluding hydrogens is 282 g/mol. The first kappa shape index (κ1) is 13.2. The van der Waals surface area contributed by atoms with Crippen LogP contribution in [0.5, 0.6) is 0 Å². The lowest BCUT2D eigenvalue weighted by Gasteiger charge is -2.24. The number of hydrogen-bond acceptors (Lipinski definition) is 4. The second kappa shape index (κ2) is 5.17. The van der Waals surface area contributed by atoms with Gasteiger partial charge >= 0.3 is 0 Å². The lowest BCUT2D eigenvalue weighted by Crippen LogP contribution is -2.38. The molecule has 0 radical (unpaired) electrons. The lowest BCUT2D eigenvalue weighted by atomic mass is 10.3. The molecule has 1 aromatic rings. The van der Waals surface area contributed by atoms with Gasteiger partial charge in [0.05, 0.1) is 5.88 Å². The molecule has 0 saturated carbocycles. The van der Waals surface area contributed by atoms with Gasteiger partial charge in [-0.15, -0.1) is 11.6 Å². The van der Waals surface area contributed by atoms with Crippen LogP contribution in [0.2, 0.25) is 0 Å². The minimum Gasteiger partial charge on any atom is -0.281 e. The van der Waals surface area contributed by atoms with Gasteiger partial charge in [0.2, 0.25) is 0 Å². The summed E-state index contributed by atoms with van der Waals surface area (Å²) in [6, 6.07) is 0. The third-order valence-corrected chi connectivity index (χ3v) is 5.81. The number of sulfonamides is 1. The van der Waals surface area contributed by atoms with E-state index in [0.717, 1.165) is 11.5 Å². The molecule has 0 atom stereocenters. The average Bonchev–Trinajstić information content (AvgIpc) is 2.72.